The highest BCUT2D eigenvalue weighted by atomic mass is 16.6. The molecular formula is C18H20O3. The molecule has 0 bridgehead atoms. The van der Waals surface area contributed by atoms with E-state index in [1.807, 2.05) is 42.5 Å². The van der Waals surface area contributed by atoms with Crippen LogP contribution in [0.5, 0.6) is 11.5 Å². The lowest BCUT2D eigenvalue weighted by molar-refractivity contribution is -0.132. The van der Waals surface area contributed by atoms with Crippen molar-refractivity contribution < 1.29 is 14.3 Å². The van der Waals surface area contributed by atoms with Crippen LogP contribution in [0.1, 0.15) is 37.8 Å². The molecule has 0 amide bonds. The summed E-state index contributed by atoms with van der Waals surface area (Å²) in [5.74, 6) is 1.06. The average molecular weight is 284 g/mol. The first-order valence-corrected chi connectivity index (χ1v) is 7.06. The van der Waals surface area contributed by atoms with Crippen LogP contribution in [0.3, 0.4) is 0 Å². The van der Waals surface area contributed by atoms with Gasteiger partial charge in [0.05, 0.1) is 0 Å². The molecule has 0 radical (unpaired) electrons. The first-order valence-electron chi connectivity index (χ1n) is 7.06. The summed E-state index contributed by atoms with van der Waals surface area (Å²) in [7, 11) is 0. The van der Waals surface area contributed by atoms with Crippen LogP contribution in [0, 0.1) is 0 Å². The Morgan fingerprint density at radius 1 is 1.05 bits per heavy atom. The lowest BCUT2D eigenvalue weighted by Gasteiger charge is -2.17. The van der Waals surface area contributed by atoms with Gasteiger partial charge in [-0.1, -0.05) is 56.3 Å². The molecule has 3 heteroatoms. The first-order chi connectivity index (χ1) is 10.1. The Morgan fingerprint density at radius 3 is 2.38 bits per heavy atom. The van der Waals surface area contributed by atoms with Gasteiger partial charge in [-0.15, -0.1) is 0 Å². The van der Waals surface area contributed by atoms with Crippen molar-refractivity contribution in [1.29, 1.82) is 0 Å². The molecule has 0 N–H and O–H groups in total. The highest BCUT2D eigenvalue weighted by Gasteiger charge is 2.15. The average Bonchev–Trinajstić information content (AvgIpc) is 2.46. The summed E-state index contributed by atoms with van der Waals surface area (Å²) in [4.78, 5) is 11.2. The van der Waals surface area contributed by atoms with E-state index in [1.165, 1.54) is 6.92 Å². The van der Waals surface area contributed by atoms with E-state index in [0.29, 0.717) is 18.1 Å². The maximum atomic E-state index is 11.2. The molecule has 0 aliphatic heterocycles. The fourth-order valence-corrected chi connectivity index (χ4v) is 2.11. The number of esters is 1. The number of ether oxygens (including phenoxy) is 2. The number of hydrogen-bond donors (Lipinski definition) is 0. The zero-order chi connectivity index (χ0) is 15.2. The van der Waals surface area contributed by atoms with Crippen LogP contribution in [-0.2, 0) is 11.4 Å². The van der Waals surface area contributed by atoms with Crippen molar-refractivity contribution in [3.05, 3.63) is 59.7 Å². The van der Waals surface area contributed by atoms with Gasteiger partial charge in [-0.25, -0.2) is 0 Å². The van der Waals surface area contributed by atoms with E-state index in [9.17, 15) is 4.79 Å². The number of hydrogen-bond acceptors (Lipinski definition) is 3. The van der Waals surface area contributed by atoms with Gasteiger partial charge in [0, 0.05) is 12.5 Å². The van der Waals surface area contributed by atoms with Gasteiger partial charge in [0.15, 0.2) is 11.5 Å². The lowest BCUT2D eigenvalue weighted by Crippen LogP contribution is -2.06. The van der Waals surface area contributed by atoms with E-state index in [0.717, 1.165) is 11.1 Å². The minimum absolute atomic E-state index is 0.284. The van der Waals surface area contributed by atoms with E-state index >= 15 is 0 Å². The summed E-state index contributed by atoms with van der Waals surface area (Å²) >= 11 is 0. The third-order valence-electron chi connectivity index (χ3n) is 3.11. The molecule has 0 saturated heterocycles. The van der Waals surface area contributed by atoms with E-state index in [4.69, 9.17) is 9.47 Å². The van der Waals surface area contributed by atoms with Gasteiger partial charge in [0.1, 0.15) is 6.61 Å². The molecule has 21 heavy (non-hydrogen) atoms. The molecule has 2 aromatic carbocycles. The second kappa shape index (κ2) is 6.93. The van der Waals surface area contributed by atoms with Crippen LogP contribution in [-0.4, -0.2) is 5.97 Å². The summed E-state index contributed by atoms with van der Waals surface area (Å²) in [5.41, 5.74) is 2.11. The van der Waals surface area contributed by atoms with Crippen LogP contribution >= 0.6 is 0 Å². The second-order valence-electron chi connectivity index (χ2n) is 5.20. The quantitative estimate of drug-likeness (QED) is 0.606. The van der Waals surface area contributed by atoms with Crippen LogP contribution in [0.15, 0.2) is 48.5 Å². The summed E-state index contributed by atoms with van der Waals surface area (Å²) in [5, 5.41) is 0. The third-order valence-corrected chi connectivity index (χ3v) is 3.11. The van der Waals surface area contributed by atoms with Crippen LogP contribution in [0.25, 0.3) is 0 Å². The van der Waals surface area contributed by atoms with E-state index < -0.39 is 0 Å². The highest BCUT2D eigenvalue weighted by molar-refractivity contribution is 5.70. The van der Waals surface area contributed by atoms with E-state index in [2.05, 4.69) is 13.8 Å². The van der Waals surface area contributed by atoms with Crippen LogP contribution in [0.2, 0.25) is 0 Å². The van der Waals surface area contributed by atoms with Crippen LogP contribution < -0.4 is 9.47 Å². The molecule has 0 spiro atoms. The zero-order valence-electron chi connectivity index (χ0n) is 12.6. The minimum atomic E-state index is -0.347. The van der Waals surface area contributed by atoms with Gasteiger partial charge in [0.2, 0.25) is 0 Å². The fraction of sp³-hybridized carbons (Fsp3) is 0.278. The molecule has 110 valence electrons. The standard InChI is InChI=1S/C18H20O3/c1-13(2)16-10-7-11-17(21-14(3)19)18(16)20-12-15-8-5-4-6-9-15/h4-11,13H,12H2,1-3H3. The van der Waals surface area contributed by atoms with Gasteiger partial charge in [-0.3, -0.25) is 4.79 Å². The maximum absolute atomic E-state index is 11.2. The molecular weight excluding hydrogens is 264 g/mol. The normalized spacial score (nSPS) is 10.5. The predicted octanol–water partition coefficient (Wildman–Crippen LogP) is 4.31. The van der Waals surface area contributed by atoms with Crippen LogP contribution in [0.4, 0.5) is 0 Å². The van der Waals surface area contributed by atoms with Crippen molar-refractivity contribution in [2.45, 2.75) is 33.3 Å². The molecule has 0 aromatic heterocycles. The summed E-state index contributed by atoms with van der Waals surface area (Å²) in [6.07, 6.45) is 0. The molecule has 0 saturated carbocycles. The van der Waals surface area contributed by atoms with Gasteiger partial charge in [0.25, 0.3) is 0 Å². The molecule has 0 aliphatic rings. The van der Waals surface area contributed by atoms with Crippen molar-refractivity contribution in [1.82, 2.24) is 0 Å². The second-order valence-corrected chi connectivity index (χ2v) is 5.20. The lowest BCUT2D eigenvalue weighted by atomic mass is 10.0. The Balaban J connectivity index is 2.27. The third kappa shape index (κ3) is 4.09. The van der Waals surface area contributed by atoms with E-state index in [-0.39, 0.29) is 11.9 Å². The number of carbonyl (C=O) groups is 1. The van der Waals surface area contributed by atoms with Crippen molar-refractivity contribution in [3.63, 3.8) is 0 Å². The van der Waals surface area contributed by atoms with Crippen molar-refractivity contribution >= 4 is 5.97 Å². The number of para-hydroxylation sites is 1. The maximum Gasteiger partial charge on any atom is 0.308 e. The molecule has 0 atom stereocenters. The van der Waals surface area contributed by atoms with Crippen molar-refractivity contribution in [2.24, 2.45) is 0 Å². The first kappa shape index (κ1) is 15.1. The molecule has 0 aliphatic carbocycles. The Kier molecular flexibility index (Phi) is 4.99. The topological polar surface area (TPSA) is 35.5 Å². The summed E-state index contributed by atoms with van der Waals surface area (Å²) < 4.78 is 11.2. The zero-order valence-corrected chi connectivity index (χ0v) is 12.6. The molecule has 0 heterocycles. The van der Waals surface area contributed by atoms with Crippen molar-refractivity contribution in [2.75, 3.05) is 0 Å². The molecule has 0 fully saturated rings. The Morgan fingerprint density at radius 2 is 1.76 bits per heavy atom. The Hall–Kier alpha value is -2.29. The van der Waals surface area contributed by atoms with Gasteiger partial charge in [-0.05, 0) is 17.5 Å². The predicted molar refractivity (Wildman–Crippen MR) is 82.6 cm³/mol. The smallest absolute Gasteiger partial charge is 0.308 e. The molecule has 0 unspecified atom stereocenters. The van der Waals surface area contributed by atoms with Gasteiger partial charge >= 0.3 is 5.97 Å². The highest BCUT2D eigenvalue weighted by Crippen LogP contribution is 2.36. The van der Waals surface area contributed by atoms with Gasteiger partial charge < -0.3 is 9.47 Å². The Bertz CT molecular complexity index is 603. The fourth-order valence-electron chi connectivity index (χ4n) is 2.11. The number of carbonyl (C=O) groups excluding carboxylic acids is 1. The minimum Gasteiger partial charge on any atom is -0.485 e. The molecule has 2 rings (SSSR count). The molecule has 3 nitrogen and oxygen atoms in total. The number of benzene rings is 2. The van der Waals surface area contributed by atoms with E-state index in [1.54, 1.807) is 6.07 Å². The largest absolute Gasteiger partial charge is 0.485 e. The Labute approximate surface area is 125 Å². The molecule has 2 aromatic rings. The number of rotatable bonds is 5. The summed E-state index contributed by atoms with van der Waals surface area (Å²) in [6.45, 7) is 6.01. The van der Waals surface area contributed by atoms with Crippen molar-refractivity contribution in [3.8, 4) is 11.5 Å². The monoisotopic (exact) mass is 284 g/mol. The SMILES string of the molecule is CC(=O)Oc1cccc(C(C)C)c1OCc1ccccc1. The van der Waals surface area contributed by atoms with Gasteiger partial charge in [-0.2, -0.15) is 0 Å². The summed E-state index contributed by atoms with van der Waals surface area (Å²) in [6, 6.07) is 15.6.